The van der Waals surface area contributed by atoms with Gasteiger partial charge in [0, 0.05) is 19.6 Å². The van der Waals surface area contributed by atoms with Gasteiger partial charge in [0.2, 0.25) is 6.41 Å². The fourth-order valence-corrected chi connectivity index (χ4v) is 4.87. The molecular weight excluding hydrogens is 381 g/mol. The van der Waals surface area contributed by atoms with E-state index in [-0.39, 0.29) is 12.1 Å². The SMILES string of the molecule is CCS(=O)(=O)c1ccc(C2CN(C=O)CCN2)c(C2(C)CC2)c1C(F)(F)F. The summed E-state index contributed by atoms with van der Waals surface area (Å²) in [7, 11) is -4.04. The molecule has 0 aromatic heterocycles. The Hall–Kier alpha value is -1.61. The molecule has 0 bridgehead atoms. The van der Waals surface area contributed by atoms with Gasteiger partial charge in [-0.2, -0.15) is 13.2 Å². The first-order valence-electron chi connectivity index (χ1n) is 8.93. The van der Waals surface area contributed by atoms with Crippen LogP contribution in [0.2, 0.25) is 0 Å². The summed E-state index contributed by atoms with van der Waals surface area (Å²) in [6.07, 6.45) is -2.95. The van der Waals surface area contributed by atoms with Gasteiger partial charge in [-0.05, 0) is 35.4 Å². The third kappa shape index (κ3) is 3.71. The van der Waals surface area contributed by atoms with E-state index in [1.54, 1.807) is 6.92 Å². The number of amides is 1. The largest absolute Gasteiger partial charge is 0.417 e. The highest BCUT2D eigenvalue weighted by molar-refractivity contribution is 7.91. The molecule has 9 heteroatoms. The molecular formula is C18H23F3N2O3S. The van der Waals surface area contributed by atoms with Gasteiger partial charge in [0.25, 0.3) is 0 Å². The van der Waals surface area contributed by atoms with Gasteiger partial charge in [-0.1, -0.05) is 19.9 Å². The van der Waals surface area contributed by atoms with E-state index in [4.69, 9.17) is 0 Å². The van der Waals surface area contributed by atoms with Crippen LogP contribution in [0.15, 0.2) is 17.0 Å². The summed E-state index contributed by atoms with van der Waals surface area (Å²) in [4.78, 5) is 12.0. The molecule has 1 aromatic rings. The molecule has 3 rings (SSSR count). The van der Waals surface area contributed by atoms with Crippen molar-refractivity contribution in [2.24, 2.45) is 0 Å². The zero-order chi connectivity index (χ0) is 20.0. The molecule has 1 unspecified atom stereocenters. The summed E-state index contributed by atoms with van der Waals surface area (Å²) in [5, 5.41) is 3.17. The van der Waals surface area contributed by atoms with E-state index in [2.05, 4.69) is 5.32 Å². The Labute approximate surface area is 156 Å². The zero-order valence-electron chi connectivity index (χ0n) is 15.3. The van der Waals surface area contributed by atoms with E-state index < -0.39 is 43.7 Å². The Morgan fingerprint density at radius 1 is 1.33 bits per heavy atom. The number of piperazine rings is 1. The molecule has 1 amide bonds. The Kier molecular flexibility index (Phi) is 5.05. The molecule has 0 spiro atoms. The van der Waals surface area contributed by atoms with Gasteiger partial charge in [-0.25, -0.2) is 8.42 Å². The van der Waals surface area contributed by atoms with Crippen molar-refractivity contribution in [2.75, 3.05) is 25.4 Å². The van der Waals surface area contributed by atoms with E-state index in [0.717, 1.165) is 6.07 Å². The van der Waals surface area contributed by atoms with Gasteiger partial charge in [0.1, 0.15) is 0 Å². The molecule has 1 aliphatic heterocycles. The van der Waals surface area contributed by atoms with Crippen LogP contribution < -0.4 is 5.32 Å². The number of sulfone groups is 1. The number of hydrogen-bond donors (Lipinski definition) is 1. The van der Waals surface area contributed by atoms with Crippen LogP contribution in [-0.2, 0) is 26.2 Å². The number of hydrogen-bond acceptors (Lipinski definition) is 4. The van der Waals surface area contributed by atoms with Crippen LogP contribution in [-0.4, -0.2) is 45.1 Å². The molecule has 1 saturated carbocycles. The quantitative estimate of drug-likeness (QED) is 0.767. The number of carbonyl (C=O) groups is 1. The summed E-state index contributed by atoms with van der Waals surface area (Å²) in [6.45, 7) is 4.29. The van der Waals surface area contributed by atoms with Gasteiger partial charge < -0.3 is 10.2 Å². The Morgan fingerprint density at radius 3 is 2.52 bits per heavy atom. The smallest absolute Gasteiger partial charge is 0.342 e. The first-order chi connectivity index (χ1) is 12.5. The van der Waals surface area contributed by atoms with Gasteiger partial charge in [0.05, 0.1) is 22.3 Å². The van der Waals surface area contributed by atoms with Crippen molar-refractivity contribution in [1.82, 2.24) is 10.2 Å². The average Bonchev–Trinajstić information content (AvgIpc) is 3.38. The first kappa shape index (κ1) is 20.1. The Balaban J connectivity index is 2.26. The van der Waals surface area contributed by atoms with E-state index in [9.17, 15) is 26.4 Å². The summed E-state index contributed by atoms with van der Waals surface area (Å²) < 4.78 is 67.0. The fraction of sp³-hybridized carbons (Fsp3) is 0.611. The highest BCUT2D eigenvalue weighted by Crippen LogP contribution is 2.55. The molecule has 1 aliphatic carbocycles. The molecule has 27 heavy (non-hydrogen) atoms. The van der Waals surface area contributed by atoms with Crippen LogP contribution >= 0.6 is 0 Å². The number of nitrogens with one attached hydrogen (secondary N) is 1. The maximum Gasteiger partial charge on any atom is 0.417 e. The van der Waals surface area contributed by atoms with Gasteiger partial charge in [0.15, 0.2) is 9.84 Å². The predicted molar refractivity (Wildman–Crippen MR) is 94.1 cm³/mol. The number of nitrogens with zero attached hydrogens (tertiary/aromatic N) is 1. The standard InChI is InChI=1S/C18H23F3N2O3S/c1-3-27(25,26)14-5-4-12(13-10-23(11-24)9-8-22-13)15(17(2)6-7-17)16(14)18(19,20)21/h4-5,11,13,22H,3,6-10H2,1-2H3. The van der Waals surface area contributed by atoms with E-state index in [0.29, 0.717) is 37.9 Å². The third-order valence-electron chi connectivity index (χ3n) is 5.53. The Bertz CT molecular complexity index is 848. The van der Waals surface area contributed by atoms with Crippen molar-refractivity contribution in [3.8, 4) is 0 Å². The maximum absolute atomic E-state index is 14.1. The topological polar surface area (TPSA) is 66.5 Å². The zero-order valence-corrected chi connectivity index (χ0v) is 16.1. The minimum Gasteiger partial charge on any atom is -0.342 e. The highest BCUT2D eigenvalue weighted by Gasteiger charge is 2.50. The van der Waals surface area contributed by atoms with E-state index in [1.165, 1.54) is 17.9 Å². The maximum atomic E-state index is 14.1. The van der Waals surface area contributed by atoms with E-state index in [1.807, 2.05) is 0 Å². The molecule has 1 N–H and O–H groups in total. The molecule has 150 valence electrons. The number of carbonyl (C=O) groups excluding carboxylic acids is 1. The highest BCUT2D eigenvalue weighted by atomic mass is 32.2. The lowest BCUT2D eigenvalue weighted by atomic mass is 9.84. The van der Waals surface area contributed by atoms with Crippen LogP contribution in [0.3, 0.4) is 0 Å². The van der Waals surface area contributed by atoms with Crippen molar-refractivity contribution in [3.63, 3.8) is 0 Å². The first-order valence-corrected chi connectivity index (χ1v) is 10.6. The number of benzene rings is 1. The summed E-state index contributed by atoms with van der Waals surface area (Å²) in [5.74, 6) is -0.397. The molecule has 0 radical (unpaired) electrons. The molecule has 1 saturated heterocycles. The fourth-order valence-electron chi connectivity index (χ4n) is 3.75. The summed E-state index contributed by atoms with van der Waals surface area (Å²) in [6, 6.07) is 2.10. The summed E-state index contributed by atoms with van der Waals surface area (Å²) >= 11 is 0. The van der Waals surface area contributed by atoms with Crippen molar-refractivity contribution in [2.45, 2.75) is 49.2 Å². The lowest BCUT2D eigenvalue weighted by molar-refractivity contribution is -0.141. The van der Waals surface area contributed by atoms with Crippen LogP contribution in [0.1, 0.15) is 49.4 Å². The lowest BCUT2D eigenvalue weighted by Gasteiger charge is -2.34. The van der Waals surface area contributed by atoms with Gasteiger partial charge in [-0.3, -0.25) is 4.79 Å². The third-order valence-corrected chi connectivity index (χ3v) is 7.30. The van der Waals surface area contributed by atoms with Crippen LogP contribution in [0.25, 0.3) is 0 Å². The van der Waals surface area contributed by atoms with Crippen molar-refractivity contribution < 1.29 is 26.4 Å². The number of alkyl halides is 3. The number of halogens is 3. The van der Waals surface area contributed by atoms with Gasteiger partial charge >= 0.3 is 6.18 Å². The van der Waals surface area contributed by atoms with E-state index >= 15 is 0 Å². The predicted octanol–water partition coefficient (Wildman–Crippen LogP) is 2.65. The molecule has 5 nitrogen and oxygen atoms in total. The van der Waals surface area contributed by atoms with Crippen molar-refractivity contribution in [3.05, 3.63) is 28.8 Å². The van der Waals surface area contributed by atoms with Crippen LogP contribution in [0, 0.1) is 0 Å². The van der Waals surface area contributed by atoms with Crippen molar-refractivity contribution >= 4 is 16.2 Å². The second-order valence-corrected chi connectivity index (χ2v) is 9.72. The van der Waals surface area contributed by atoms with Crippen molar-refractivity contribution in [1.29, 1.82) is 0 Å². The van der Waals surface area contributed by atoms with Crippen LogP contribution in [0.4, 0.5) is 13.2 Å². The van der Waals surface area contributed by atoms with Gasteiger partial charge in [-0.15, -0.1) is 0 Å². The minimum atomic E-state index is -4.78. The summed E-state index contributed by atoms with van der Waals surface area (Å²) in [5.41, 5.74) is -1.24. The minimum absolute atomic E-state index is 0.0646. The molecule has 1 atom stereocenters. The Morgan fingerprint density at radius 2 is 2.00 bits per heavy atom. The lowest BCUT2D eigenvalue weighted by Crippen LogP contribution is -2.45. The molecule has 2 fully saturated rings. The molecule has 1 heterocycles. The molecule has 1 aromatic carbocycles. The molecule has 2 aliphatic rings. The average molecular weight is 404 g/mol. The van der Waals surface area contributed by atoms with Crippen LogP contribution in [0.5, 0.6) is 0 Å². The monoisotopic (exact) mass is 404 g/mol. The second kappa shape index (κ2) is 6.77. The normalized spacial score (nSPS) is 22.6. The second-order valence-electron chi connectivity index (χ2n) is 7.47. The number of rotatable bonds is 5.